The summed E-state index contributed by atoms with van der Waals surface area (Å²) in [6, 6.07) is 16.7. The van der Waals surface area contributed by atoms with Gasteiger partial charge in [-0.05, 0) is 24.3 Å². The molecule has 0 saturated heterocycles. The van der Waals surface area contributed by atoms with Gasteiger partial charge < -0.3 is 0 Å². The number of hydrogen-bond acceptors (Lipinski definition) is 5. The van der Waals surface area contributed by atoms with Crippen LogP contribution in [0.5, 0.6) is 0 Å². The fraction of sp³-hybridized carbons (Fsp3) is 0.111. The van der Waals surface area contributed by atoms with Gasteiger partial charge in [0.2, 0.25) is 0 Å². The summed E-state index contributed by atoms with van der Waals surface area (Å²) in [6.45, 7) is 0.332. The lowest BCUT2D eigenvalue weighted by Gasteiger charge is -2.13. The number of rotatable bonds is 5. The van der Waals surface area contributed by atoms with Gasteiger partial charge in [-0.25, -0.2) is 0 Å². The summed E-state index contributed by atoms with van der Waals surface area (Å²) in [5.41, 5.74) is 1.92. The van der Waals surface area contributed by atoms with Crippen LogP contribution in [0.4, 0.5) is 0 Å². The van der Waals surface area contributed by atoms with Gasteiger partial charge in [-0.3, -0.25) is 19.1 Å². The molecule has 1 aromatic heterocycles. The third kappa shape index (κ3) is 2.83. The van der Waals surface area contributed by atoms with Gasteiger partial charge in [-0.15, -0.1) is 10.2 Å². The summed E-state index contributed by atoms with van der Waals surface area (Å²) < 4.78 is 1.88. The van der Waals surface area contributed by atoms with Crippen LogP contribution in [-0.2, 0) is 0 Å². The Morgan fingerprint density at radius 1 is 0.880 bits per heavy atom. The second-order valence-electron chi connectivity index (χ2n) is 5.48. The summed E-state index contributed by atoms with van der Waals surface area (Å²) in [6.07, 6.45) is 1.65. The normalized spacial score (nSPS) is 13.4. The number of para-hydroxylation sites is 1. The Kier molecular flexibility index (Phi) is 4.07. The first kappa shape index (κ1) is 15.6. The van der Waals surface area contributed by atoms with Gasteiger partial charge >= 0.3 is 0 Å². The van der Waals surface area contributed by atoms with E-state index in [-0.39, 0.29) is 11.8 Å². The third-order valence-electron chi connectivity index (χ3n) is 3.98. The number of nitrogens with zero attached hydrogens (tertiary/aromatic N) is 4. The number of carbonyl (C=O) groups excluding carboxylic acids is 2. The van der Waals surface area contributed by atoms with Crippen molar-refractivity contribution in [3.63, 3.8) is 0 Å². The molecule has 4 rings (SSSR count). The van der Waals surface area contributed by atoms with E-state index in [2.05, 4.69) is 10.2 Å². The van der Waals surface area contributed by atoms with E-state index >= 15 is 0 Å². The van der Waals surface area contributed by atoms with Crippen molar-refractivity contribution in [2.45, 2.75) is 5.16 Å². The predicted octanol–water partition coefficient (Wildman–Crippen LogP) is 2.66. The van der Waals surface area contributed by atoms with E-state index in [4.69, 9.17) is 0 Å². The van der Waals surface area contributed by atoms with E-state index in [1.54, 1.807) is 30.6 Å². The fourth-order valence-electron chi connectivity index (χ4n) is 2.76. The summed E-state index contributed by atoms with van der Waals surface area (Å²) in [5, 5.41) is 8.80. The molecular weight excluding hydrogens is 336 g/mol. The molecule has 2 aromatic carbocycles. The maximum atomic E-state index is 12.4. The molecule has 0 spiro atoms. The van der Waals surface area contributed by atoms with Crippen LogP contribution in [0.1, 0.15) is 20.7 Å². The van der Waals surface area contributed by atoms with Gasteiger partial charge in [0.05, 0.1) is 11.1 Å². The van der Waals surface area contributed by atoms with Crippen molar-refractivity contribution in [1.82, 2.24) is 19.7 Å². The molecule has 0 aliphatic carbocycles. The van der Waals surface area contributed by atoms with Crippen LogP contribution in [0.2, 0.25) is 0 Å². The van der Waals surface area contributed by atoms with Crippen LogP contribution in [-0.4, -0.2) is 43.8 Å². The lowest BCUT2D eigenvalue weighted by atomic mass is 10.1. The zero-order valence-corrected chi connectivity index (χ0v) is 14.0. The molecule has 7 heteroatoms. The lowest BCUT2D eigenvalue weighted by molar-refractivity contribution is 0.0664. The van der Waals surface area contributed by atoms with Crippen molar-refractivity contribution in [2.24, 2.45) is 0 Å². The molecule has 124 valence electrons. The largest absolute Gasteiger partial charge is 0.277 e. The lowest BCUT2D eigenvalue weighted by Crippen LogP contribution is -2.31. The van der Waals surface area contributed by atoms with Crippen molar-refractivity contribution in [2.75, 3.05) is 12.3 Å². The molecule has 0 saturated carbocycles. The van der Waals surface area contributed by atoms with Crippen LogP contribution in [0.3, 0.4) is 0 Å². The Hall–Kier alpha value is -2.93. The highest BCUT2D eigenvalue weighted by Crippen LogP contribution is 2.24. The second-order valence-corrected chi connectivity index (χ2v) is 6.54. The van der Waals surface area contributed by atoms with Gasteiger partial charge in [-0.1, -0.05) is 42.1 Å². The maximum absolute atomic E-state index is 12.4. The Balaban J connectivity index is 1.44. The first-order valence-electron chi connectivity index (χ1n) is 7.79. The number of amides is 2. The smallest absolute Gasteiger partial charge is 0.261 e. The van der Waals surface area contributed by atoms with E-state index in [0.717, 1.165) is 10.8 Å². The molecule has 0 atom stereocenters. The topological polar surface area (TPSA) is 68.1 Å². The molecule has 6 nitrogen and oxygen atoms in total. The van der Waals surface area contributed by atoms with E-state index in [1.165, 1.54) is 16.7 Å². The van der Waals surface area contributed by atoms with Crippen LogP contribution < -0.4 is 0 Å². The quantitative estimate of drug-likeness (QED) is 0.523. The Morgan fingerprint density at radius 3 is 2.20 bits per heavy atom. The minimum absolute atomic E-state index is 0.231. The van der Waals surface area contributed by atoms with Gasteiger partial charge in [-0.2, -0.15) is 0 Å². The minimum Gasteiger partial charge on any atom is -0.277 e. The molecule has 0 radical (unpaired) electrons. The van der Waals surface area contributed by atoms with Crippen molar-refractivity contribution in [3.05, 3.63) is 72.1 Å². The number of fused-ring (bicyclic) bond motifs is 1. The summed E-state index contributed by atoms with van der Waals surface area (Å²) in [5.74, 6) is 0.0910. The van der Waals surface area contributed by atoms with Gasteiger partial charge in [0.15, 0.2) is 5.16 Å². The van der Waals surface area contributed by atoms with Crippen molar-refractivity contribution >= 4 is 23.6 Å². The highest BCUT2D eigenvalue weighted by Gasteiger charge is 2.34. The van der Waals surface area contributed by atoms with E-state index in [0.29, 0.717) is 23.4 Å². The highest BCUT2D eigenvalue weighted by molar-refractivity contribution is 7.99. The molecule has 0 bridgehead atoms. The molecule has 1 aliphatic rings. The number of aromatic nitrogens is 3. The molecule has 25 heavy (non-hydrogen) atoms. The van der Waals surface area contributed by atoms with Crippen LogP contribution in [0.25, 0.3) is 5.69 Å². The molecule has 3 aromatic rings. The van der Waals surface area contributed by atoms with Crippen molar-refractivity contribution < 1.29 is 9.59 Å². The van der Waals surface area contributed by atoms with Crippen LogP contribution in [0, 0.1) is 0 Å². The average molecular weight is 350 g/mol. The Labute approximate surface area is 148 Å². The monoisotopic (exact) mass is 350 g/mol. The first-order valence-corrected chi connectivity index (χ1v) is 8.78. The highest BCUT2D eigenvalue weighted by atomic mass is 32.2. The first-order chi connectivity index (χ1) is 12.3. The molecule has 1 aliphatic heterocycles. The third-order valence-corrected chi connectivity index (χ3v) is 4.90. The molecule has 0 N–H and O–H groups in total. The summed E-state index contributed by atoms with van der Waals surface area (Å²) in [4.78, 5) is 26.0. The van der Waals surface area contributed by atoms with Crippen LogP contribution >= 0.6 is 11.8 Å². The summed E-state index contributed by atoms with van der Waals surface area (Å²) >= 11 is 1.46. The van der Waals surface area contributed by atoms with Crippen molar-refractivity contribution in [1.29, 1.82) is 0 Å². The Bertz CT molecular complexity index is 904. The number of benzene rings is 2. The average Bonchev–Trinajstić information content (AvgIpc) is 3.22. The van der Waals surface area contributed by atoms with Gasteiger partial charge in [0.25, 0.3) is 11.8 Å². The standard InChI is InChI=1S/C18H14N4O2S/c23-16-14-8-4-5-9-15(14)17(24)21(16)10-11-25-18-20-19-12-22(18)13-6-2-1-3-7-13/h1-9,12H,10-11H2. The summed E-state index contributed by atoms with van der Waals surface area (Å²) in [7, 11) is 0. The fourth-order valence-corrected chi connectivity index (χ4v) is 3.61. The number of carbonyl (C=O) groups is 2. The predicted molar refractivity (Wildman–Crippen MR) is 93.9 cm³/mol. The SMILES string of the molecule is O=C1c2ccccc2C(=O)N1CCSc1nncn1-c1ccccc1. The molecule has 2 heterocycles. The number of thioether (sulfide) groups is 1. The molecule has 0 fully saturated rings. The maximum Gasteiger partial charge on any atom is 0.261 e. The molecule has 0 unspecified atom stereocenters. The van der Waals surface area contributed by atoms with Gasteiger partial charge in [0.1, 0.15) is 6.33 Å². The number of hydrogen-bond donors (Lipinski definition) is 0. The van der Waals surface area contributed by atoms with E-state index in [9.17, 15) is 9.59 Å². The Morgan fingerprint density at radius 2 is 1.52 bits per heavy atom. The molecule has 2 amide bonds. The second kappa shape index (κ2) is 6.52. The van der Waals surface area contributed by atoms with E-state index < -0.39 is 0 Å². The zero-order valence-electron chi connectivity index (χ0n) is 13.2. The van der Waals surface area contributed by atoms with Crippen molar-refractivity contribution in [3.8, 4) is 5.69 Å². The minimum atomic E-state index is -0.231. The van der Waals surface area contributed by atoms with E-state index in [1.807, 2.05) is 34.9 Å². The van der Waals surface area contributed by atoms with Gasteiger partial charge in [0, 0.05) is 18.0 Å². The van der Waals surface area contributed by atoms with Crippen LogP contribution in [0.15, 0.2) is 66.1 Å². The zero-order chi connectivity index (χ0) is 17.2. The molecular formula is C18H14N4O2S. The number of imide groups is 1.